The molecule has 0 radical (unpaired) electrons. The summed E-state index contributed by atoms with van der Waals surface area (Å²) in [6.45, 7) is 3.56. The second-order valence-electron chi connectivity index (χ2n) is 15.5. The van der Waals surface area contributed by atoms with Gasteiger partial charge < -0.3 is 40.3 Å². The molecule has 1 heterocycles. The molecule has 58 heavy (non-hydrogen) atoms. The second-order valence-corrected chi connectivity index (χ2v) is 15.5. The summed E-state index contributed by atoms with van der Waals surface area (Å²) >= 11 is 0. The number of carbonyl (C=O) groups is 1. The summed E-state index contributed by atoms with van der Waals surface area (Å²) in [6, 6.07) is -0.723. The second kappa shape index (κ2) is 38.6. The van der Waals surface area contributed by atoms with Crippen molar-refractivity contribution in [1.29, 1.82) is 0 Å². The first-order valence-electron chi connectivity index (χ1n) is 22.8. The van der Waals surface area contributed by atoms with Crippen LogP contribution in [-0.2, 0) is 14.3 Å². The molecule has 0 aromatic carbocycles. The Kier molecular flexibility index (Phi) is 35.5. The molecule has 1 rings (SSSR count). The molecule has 9 heteroatoms. The highest BCUT2D eigenvalue weighted by molar-refractivity contribution is 5.76. The molecule has 9 nitrogen and oxygen atoms in total. The number of amides is 1. The van der Waals surface area contributed by atoms with Crippen LogP contribution in [-0.4, -0.2) is 87.5 Å². The fraction of sp³-hybridized carbons (Fsp3) is 0.694. The number of ether oxygens (including phenoxy) is 2. The fourth-order valence-electron chi connectivity index (χ4n) is 6.61. The van der Waals surface area contributed by atoms with E-state index in [2.05, 4.69) is 104 Å². The molecule has 0 aromatic heterocycles. The van der Waals surface area contributed by atoms with Gasteiger partial charge in [-0.1, -0.05) is 170 Å². The Bertz CT molecular complexity index is 1180. The number of nitrogens with one attached hydrogen (secondary N) is 1. The predicted molar refractivity (Wildman–Crippen MR) is 239 cm³/mol. The quantitative estimate of drug-likeness (QED) is 0.0271. The zero-order valence-corrected chi connectivity index (χ0v) is 36.3. The molecule has 0 aliphatic carbocycles. The minimum atomic E-state index is -1.55. The van der Waals surface area contributed by atoms with Crippen LogP contribution in [0.3, 0.4) is 0 Å². The van der Waals surface area contributed by atoms with Gasteiger partial charge in [-0.2, -0.15) is 0 Å². The van der Waals surface area contributed by atoms with E-state index >= 15 is 0 Å². The number of hydrogen-bond acceptors (Lipinski definition) is 8. The minimum absolute atomic E-state index is 0.149. The maximum atomic E-state index is 12.8. The topological polar surface area (TPSA) is 149 Å². The van der Waals surface area contributed by atoms with Gasteiger partial charge in [0.05, 0.1) is 25.4 Å². The lowest BCUT2D eigenvalue weighted by Crippen LogP contribution is -2.60. The molecule has 0 bridgehead atoms. The number of rotatable bonds is 36. The van der Waals surface area contributed by atoms with Crippen molar-refractivity contribution in [3.05, 3.63) is 85.1 Å². The molecule has 1 fully saturated rings. The van der Waals surface area contributed by atoms with E-state index in [0.717, 1.165) is 96.3 Å². The first-order chi connectivity index (χ1) is 28.3. The third-order valence-corrected chi connectivity index (χ3v) is 10.3. The van der Waals surface area contributed by atoms with Crippen molar-refractivity contribution in [2.24, 2.45) is 0 Å². The number of unbranched alkanes of at least 4 members (excludes halogenated alkanes) is 12. The SMILES string of the molecule is CC/C=C\C/C=C\C/C=C\C/C=C\C/C=C\C/C=C\C/C=C\CCCCCCCCCCCC(=O)NC(COC1OC(CO)C(O)C(O)C1O)C(O)CCCCCC. The molecule has 1 aliphatic heterocycles. The van der Waals surface area contributed by atoms with Crippen LogP contribution in [0.15, 0.2) is 85.1 Å². The van der Waals surface area contributed by atoms with Gasteiger partial charge in [0.25, 0.3) is 0 Å². The number of aliphatic hydroxyl groups excluding tert-OH is 5. The molecule has 7 unspecified atom stereocenters. The van der Waals surface area contributed by atoms with E-state index in [4.69, 9.17) is 9.47 Å². The van der Waals surface area contributed by atoms with E-state index in [0.29, 0.717) is 12.8 Å². The third-order valence-electron chi connectivity index (χ3n) is 10.3. The standard InChI is InChI=1S/C49H83NO8/c1-3-5-7-9-10-11-12-13-14-15-16-17-18-19-20-21-22-23-24-25-26-27-28-29-30-31-32-33-34-35-37-39-45(53)50-42(43(52)38-36-8-6-4-2)41-57-49-48(56)47(55)46(54)44(40-51)58-49/h5,7,10-11,13-14,16-17,19-20,22-23,25-26,42-44,46-49,51-52,54-56H,3-4,6,8-9,12,15,18,21,24,27-41H2,1-2H3,(H,50,53)/b7-5-,11-10-,14-13-,17-16-,20-19-,23-22-,26-25-. The van der Waals surface area contributed by atoms with Gasteiger partial charge in [0.15, 0.2) is 6.29 Å². The Morgan fingerprint density at radius 2 is 1.07 bits per heavy atom. The maximum Gasteiger partial charge on any atom is 0.220 e. The van der Waals surface area contributed by atoms with Crippen molar-refractivity contribution in [3.8, 4) is 0 Å². The van der Waals surface area contributed by atoms with Gasteiger partial charge in [-0.25, -0.2) is 0 Å². The monoisotopic (exact) mass is 814 g/mol. The minimum Gasteiger partial charge on any atom is -0.394 e. The van der Waals surface area contributed by atoms with Crippen molar-refractivity contribution < 1.29 is 39.8 Å². The molecule has 0 spiro atoms. The smallest absolute Gasteiger partial charge is 0.220 e. The van der Waals surface area contributed by atoms with E-state index in [1.54, 1.807) is 0 Å². The Morgan fingerprint density at radius 1 is 0.603 bits per heavy atom. The molecular weight excluding hydrogens is 731 g/mol. The van der Waals surface area contributed by atoms with Crippen LogP contribution < -0.4 is 5.32 Å². The van der Waals surface area contributed by atoms with Crippen LogP contribution in [0.5, 0.6) is 0 Å². The largest absolute Gasteiger partial charge is 0.394 e. The molecule has 0 saturated carbocycles. The number of aliphatic hydroxyl groups is 5. The van der Waals surface area contributed by atoms with Crippen molar-refractivity contribution in [3.63, 3.8) is 0 Å². The van der Waals surface area contributed by atoms with E-state index in [-0.39, 0.29) is 12.5 Å². The summed E-state index contributed by atoms with van der Waals surface area (Å²) in [6.07, 6.45) is 46.7. The van der Waals surface area contributed by atoms with Crippen molar-refractivity contribution in [2.45, 2.75) is 204 Å². The predicted octanol–water partition coefficient (Wildman–Crippen LogP) is 9.55. The average Bonchev–Trinajstić information content (AvgIpc) is 3.22. The van der Waals surface area contributed by atoms with Gasteiger partial charge in [0.2, 0.25) is 5.91 Å². The van der Waals surface area contributed by atoms with Crippen molar-refractivity contribution in [1.82, 2.24) is 5.32 Å². The first kappa shape index (κ1) is 53.4. The highest BCUT2D eigenvalue weighted by Gasteiger charge is 2.44. The summed E-state index contributed by atoms with van der Waals surface area (Å²) < 4.78 is 11.1. The van der Waals surface area contributed by atoms with Crippen LogP contribution in [0, 0.1) is 0 Å². The van der Waals surface area contributed by atoms with Crippen molar-refractivity contribution >= 4 is 5.91 Å². The molecular formula is C49H83NO8. The van der Waals surface area contributed by atoms with E-state index < -0.39 is 49.5 Å². The summed E-state index contributed by atoms with van der Waals surface area (Å²) in [5.41, 5.74) is 0. The first-order valence-corrected chi connectivity index (χ1v) is 22.8. The summed E-state index contributed by atoms with van der Waals surface area (Å²) in [5, 5.41) is 53.7. The van der Waals surface area contributed by atoms with Crippen LogP contribution in [0.4, 0.5) is 0 Å². The third kappa shape index (κ3) is 28.7. The van der Waals surface area contributed by atoms with Crippen LogP contribution in [0.1, 0.15) is 162 Å². The Balaban J connectivity index is 2.10. The lowest BCUT2D eigenvalue weighted by atomic mass is 9.99. The van der Waals surface area contributed by atoms with Gasteiger partial charge >= 0.3 is 0 Å². The number of hydrogen-bond donors (Lipinski definition) is 6. The van der Waals surface area contributed by atoms with Crippen molar-refractivity contribution in [2.75, 3.05) is 13.2 Å². The molecule has 1 amide bonds. The van der Waals surface area contributed by atoms with Crippen LogP contribution in [0.25, 0.3) is 0 Å². The maximum absolute atomic E-state index is 12.8. The van der Waals surface area contributed by atoms with E-state index in [9.17, 15) is 30.3 Å². The Labute approximate surface area is 352 Å². The van der Waals surface area contributed by atoms with Gasteiger partial charge in [0.1, 0.15) is 24.4 Å². The lowest BCUT2D eigenvalue weighted by Gasteiger charge is -2.40. The molecule has 1 aliphatic rings. The van der Waals surface area contributed by atoms with Crippen LogP contribution in [0.2, 0.25) is 0 Å². The van der Waals surface area contributed by atoms with Crippen LogP contribution >= 0.6 is 0 Å². The number of allylic oxidation sites excluding steroid dienone is 14. The zero-order chi connectivity index (χ0) is 42.3. The highest BCUT2D eigenvalue weighted by atomic mass is 16.7. The van der Waals surface area contributed by atoms with E-state index in [1.807, 2.05) is 0 Å². The van der Waals surface area contributed by atoms with Gasteiger partial charge in [-0.05, 0) is 70.6 Å². The van der Waals surface area contributed by atoms with E-state index in [1.165, 1.54) is 38.5 Å². The number of carbonyl (C=O) groups excluding carboxylic acids is 1. The summed E-state index contributed by atoms with van der Waals surface area (Å²) in [7, 11) is 0. The highest BCUT2D eigenvalue weighted by Crippen LogP contribution is 2.23. The summed E-state index contributed by atoms with van der Waals surface area (Å²) in [5.74, 6) is -0.165. The molecule has 6 N–H and O–H groups in total. The van der Waals surface area contributed by atoms with Gasteiger partial charge in [-0.3, -0.25) is 4.79 Å². The molecule has 332 valence electrons. The molecule has 7 atom stereocenters. The molecule has 0 aromatic rings. The van der Waals surface area contributed by atoms with Gasteiger partial charge in [0, 0.05) is 6.42 Å². The van der Waals surface area contributed by atoms with Gasteiger partial charge in [-0.15, -0.1) is 0 Å². The fourth-order valence-corrected chi connectivity index (χ4v) is 6.61. The Hall–Kier alpha value is -2.63. The lowest BCUT2D eigenvalue weighted by molar-refractivity contribution is -0.302. The summed E-state index contributed by atoms with van der Waals surface area (Å²) in [4.78, 5) is 12.8. The normalized spacial score (nSPS) is 21.7. The average molecular weight is 814 g/mol. The zero-order valence-electron chi connectivity index (χ0n) is 36.3. The Morgan fingerprint density at radius 3 is 1.57 bits per heavy atom. The molecule has 1 saturated heterocycles.